The topological polar surface area (TPSA) is 93.9 Å². The molecule has 0 aliphatic carbocycles. The van der Waals surface area contributed by atoms with Gasteiger partial charge in [0.15, 0.2) is 15.5 Å². The summed E-state index contributed by atoms with van der Waals surface area (Å²) in [4.78, 5) is 18.1. The van der Waals surface area contributed by atoms with Crippen LogP contribution in [0.25, 0.3) is 22.3 Å². The van der Waals surface area contributed by atoms with Gasteiger partial charge in [-0.05, 0) is 31.2 Å². The first-order chi connectivity index (χ1) is 14.2. The molecular formula is C22H20N4O3S. The van der Waals surface area contributed by atoms with E-state index in [-0.39, 0.29) is 10.8 Å². The van der Waals surface area contributed by atoms with Crippen LogP contribution in [0.15, 0.2) is 65.6 Å². The van der Waals surface area contributed by atoms with Gasteiger partial charge in [0.25, 0.3) is 5.91 Å². The Labute approximate surface area is 174 Å². The van der Waals surface area contributed by atoms with Gasteiger partial charge in [0.1, 0.15) is 0 Å². The Kier molecular flexibility index (Phi) is 4.87. The molecule has 0 spiro atoms. The lowest BCUT2D eigenvalue weighted by Gasteiger charge is -2.10. The van der Waals surface area contributed by atoms with Crippen molar-refractivity contribution >= 4 is 32.5 Å². The second-order valence-corrected chi connectivity index (χ2v) is 9.10. The Hall–Kier alpha value is -3.52. The lowest BCUT2D eigenvalue weighted by molar-refractivity contribution is 0.102. The zero-order valence-electron chi connectivity index (χ0n) is 16.7. The molecule has 30 heavy (non-hydrogen) atoms. The second-order valence-electron chi connectivity index (χ2n) is 7.08. The molecule has 2 aromatic carbocycles. The van der Waals surface area contributed by atoms with Gasteiger partial charge in [0, 0.05) is 24.6 Å². The quantitative estimate of drug-likeness (QED) is 0.544. The first-order valence-electron chi connectivity index (χ1n) is 9.25. The summed E-state index contributed by atoms with van der Waals surface area (Å²) >= 11 is 0. The molecule has 0 aliphatic heterocycles. The molecule has 4 aromatic rings. The van der Waals surface area contributed by atoms with E-state index in [2.05, 4.69) is 10.4 Å². The third-order valence-electron chi connectivity index (χ3n) is 4.80. The fourth-order valence-corrected chi connectivity index (χ4v) is 4.05. The first-order valence-corrected chi connectivity index (χ1v) is 11.1. The summed E-state index contributed by atoms with van der Waals surface area (Å²) in [6.07, 6.45) is 1.13. The number of carbonyl (C=O) groups is 1. The van der Waals surface area contributed by atoms with Crippen molar-refractivity contribution < 1.29 is 13.2 Å². The van der Waals surface area contributed by atoms with Crippen molar-refractivity contribution in [3.05, 3.63) is 71.9 Å². The van der Waals surface area contributed by atoms with E-state index in [1.54, 1.807) is 29.9 Å². The number of nitrogens with one attached hydrogen (secondary N) is 1. The van der Waals surface area contributed by atoms with Crippen LogP contribution in [0.2, 0.25) is 0 Å². The van der Waals surface area contributed by atoms with Crippen molar-refractivity contribution in [3.63, 3.8) is 0 Å². The zero-order valence-corrected chi connectivity index (χ0v) is 17.6. The molecule has 1 N–H and O–H groups in total. The van der Waals surface area contributed by atoms with E-state index in [0.29, 0.717) is 33.7 Å². The summed E-state index contributed by atoms with van der Waals surface area (Å²) in [5.41, 5.74) is 3.65. The average molecular weight is 420 g/mol. The third-order valence-corrected chi connectivity index (χ3v) is 5.91. The molecule has 0 fully saturated rings. The summed E-state index contributed by atoms with van der Waals surface area (Å²) in [5.74, 6) is -0.360. The van der Waals surface area contributed by atoms with Gasteiger partial charge in [0.2, 0.25) is 0 Å². The van der Waals surface area contributed by atoms with Crippen LogP contribution in [0.3, 0.4) is 0 Å². The van der Waals surface area contributed by atoms with E-state index in [4.69, 9.17) is 4.98 Å². The number of hydrogen-bond acceptors (Lipinski definition) is 5. The van der Waals surface area contributed by atoms with Crippen molar-refractivity contribution in [3.8, 4) is 11.3 Å². The number of aryl methyl sites for hydroxylation is 2. The second kappa shape index (κ2) is 7.38. The number of benzene rings is 2. The van der Waals surface area contributed by atoms with Gasteiger partial charge >= 0.3 is 0 Å². The largest absolute Gasteiger partial charge is 0.322 e. The smallest absolute Gasteiger partial charge is 0.256 e. The van der Waals surface area contributed by atoms with Crippen molar-refractivity contribution in [1.29, 1.82) is 0 Å². The highest BCUT2D eigenvalue weighted by Crippen LogP contribution is 2.27. The molecule has 7 nitrogen and oxygen atoms in total. The van der Waals surface area contributed by atoms with E-state index in [9.17, 15) is 13.2 Å². The highest BCUT2D eigenvalue weighted by Gasteiger charge is 2.20. The van der Waals surface area contributed by atoms with Crippen LogP contribution < -0.4 is 5.32 Å². The number of amides is 1. The van der Waals surface area contributed by atoms with Crippen molar-refractivity contribution in [2.24, 2.45) is 7.05 Å². The van der Waals surface area contributed by atoms with Crippen LogP contribution in [0.1, 0.15) is 16.1 Å². The van der Waals surface area contributed by atoms with E-state index >= 15 is 0 Å². The van der Waals surface area contributed by atoms with Gasteiger partial charge in [-0.1, -0.05) is 36.4 Å². The van der Waals surface area contributed by atoms with Gasteiger partial charge in [-0.2, -0.15) is 5.10 Å². The Morgan fingerprint density at radius 3 is 2.47 bits per heavy atom. The third kappa shape index (κ3) is 3.69. The van der Waals surface area contributed by atoms with Crippen LogP contribution in [0.4, 0.5) is 5.69 Å². The number of anilines is 1. The van der Waals surface area contributed by atoms with Crippen LogP contribution in [-0.4, -0.2) is 35.3 Å². The molecule has 0 saturated heterocycles. The number of pyridine rings is 1. The molecule has 0 radical (unpaired) electrons. The molecule has 2 heterocycles. The molecule has 8 heteroatoms. The minimum absolute atomic E-state index is 0.141. The monoisotopic (exact) mass is 420 g/mol. The maximum absolute atomic E-state index is 13.2. The zero-order chi connectivity index (χ0) is 21.5. The molecular weight excluding hydrogens is 400 g/mol. The van der Waals surface area contributed by atoms with Gasteiger partial charge < -0.3 is 5.32 Å². The highest BCUT2D eigenvalue weighted by atomic mass is 32.2. The molecule has 4 rings (SSSR count). The minimum atomic E-state index is -3.38. The Morgan fingerprint density at radius 2 is 1.77 bits per heavy atom. The van der Waals surface area contributed by atoms with Crippen LogP contribution in [-0.2, 0) is 16.9 Å². The molecule has 152 valence electrons. The first kappa shape index (κ1) is 19.8. The van der Waals surface area contributed by atoms with Crippen molar-refractivity contribution in [1.82, 2.24) is 14.8 Å². The van der Waals surface area contributed by atoms with E-state index in [1.807, 2.05) is 37.3 Å². The number of rotatable bonds is 4. The number of aromatic nitrogens is 3. The maximum Gasteiger partial charge on any atom is 0.256 e. The number of carbonyl (C=O) groups excluding carboxylic acids is 1. The Morgan fingerprint density at radius 1 is 1.03 bits per heavy atom. The average Bonchev–Trinajstić information content (AvgIpc) is 3.01. The fourth-order valence-electron chi connectivity index (χ4n) is 3.38. The normalized spacial score (nSPS) is 11.6. The molecule has 0 saturated carbocycles. The molecule has 0 unspecified atom stereocenters. The number of sulfone groups is 1. The predicted molar refractivity (Wildman–Crippen MR) is 116 cm³/mol. The van der Waals surface area contributed by atoms with Gasteiger partial charge in [0.05, 0.1) is 27.2 Å². The summed E-state index contributed by atoms with van der Waals surface area (Å²) in [5, 5.41) is 7.89. The Balaban J connectivity index is 1.82. The van der Waals surface area contributed by atoms with Crippen LogP contribution >= 0.6 is 0 Å². The molecule has 1 amide bonds. The maximum atomic E-state index is 13.2. The summed E-state index contributed by atoms with van der Waals surface area (Å²) in [6.45, 7) is 1.83. The molecule has 0 aliphatic rings. The van der Waals surface area contributed by atoms with E-state index in [0.717, 1.165) is 11.8 Å². The summed E-state index contributed by atoms with van der Waals surface area (Å²) in [7, 11) is -1.60. The lowest BCUT2D eigenvalue weighted by atomic mass is 10.0. The van der Waals surface area contributed by atoms with Crippen LogP contribution in [0.5, 0.6) is 0 Å². The standard InChI is InChI=1S/C22H20N4O3S/c1-14-20-18(22(27)23-16-10-7-11-17(12-16)30(3,28)29)13-19(15-8-5-4-6-9-15)24-21(20)26(2)25-14/h4-13H,1-3H3,(H,23,27). The number of nitrogens with zero attached hydrogens (tertiary/aromatic N) is 3. The molecule has 0 bridgehead atoms. The lowest BCUT2D eigenvalue weighted by Crippen LogP contribution is -2.14. The number of fused-ring (bicyclic) bond motifs is 1. The minimum Gasteiger partial charge on any atom is -0.322 e. The van der Waals surface area contributed by atoms with Gasteiger partial charge in [-0.15, -0.1) is 0 Å². The van der Waals surface area contributed by atoms with Crippen molar-refractivity contribution in [2.45, 2.75) is 11.8 Å². The molecule has 2 aromatic heterocycles. The van der Waals surface area contributed by atoms with Gasteiger partial charge in [-0.3, -0.25) is 9.48 Å². The SMILES string of the molecule is Cc1nn(C)c2nc(-c3ccccc3)cc(C(=O)Nc3cccc(S(C)(=O)=O)c3)c12. The summed E-state index contributed by atoms with van der Waals surface area (Å²) < 4.78 is 25.3. The van der Waals surface area contributed by atoms with E-state index in [1.165, 1.54) is 12.1 Å². The highest BCUT2D eigenvalue weighted by molar-refractivity contribution is 7.90. The Bertz CT molecular complexity index is 1380. The number of hydrogen-bond donors (Lipinski definition) is 1. The van der Waals surface area contributed by atoms with E-state index < -0.39 is 9.84 Å². The molecule has 0 atom stereocenters. The van der Waals surface area contributed by atoms with Gasteiger partial charge in [-0.25, -0.2) is 13.4 Å². The summed E-state index contributed by atoms with van der Waals surface area (Å²) in [6, 6.07) is 17.5. The fraction of sp³-hybridized carbons (Fsp3) is 0.136. The van der Waals surface area contributed by atoms with Crippen LogP contribution in [0, 0.1) is 6.92 Å². The predicted octanol–water partition coefficient (Wildman–Crippen LogP) is 3.60. The van der Waals surface area contributed by atoms with Crippen molar-refractivity contribution in [2.75, 3.05) is 11.6 Å².